The van der Waals surface area contributed by atoms with E-state index in [-0.39, 0.29) is 18.0 Å². The predicted octanol–water partition coefficient (Wildman–Crippen LogP) is 5.97. The fourth-order valence-corrected chi connectivity index (χ4v) is 3.63. The summed E-state index contributed by atoms with van der Waals surface area (Å²) in [5, 5.41) is 0. The number of hydrogen-bond acceptors (Lipinski definition) is 2. The van der Waals surface area contributed by atoms with Gasteiger partial charge in [-0.1, -0.05) is 35.2 Å². The molecule has 0 N–H and O–H groups in total. The van der Waals surface area contributed by atoms with Gasteiger partial charge in [0, 0.05) is 10.5 Å². The highest BCUT2D eigenvalue weighted by Crippen LogP contribution is 2.29. The van der Waals surface area contributed by atoms with Gasteiger partial charge >= 0.3 is 6.09 Å². The normalized spacial score (nSPS) is 16.1. The number of hydrogen-bond donors (Lipinski definition) is 0. The fourth-order valence-electron chi connectivity index (χ4n) is 3.05. The van der Waals surface area contributed by atoms with Crippen molar-refractivity contribution in [3.8, 4) is 0 Å². The zero-order chi connectivity index (χ0) is 17.9. The zero-order valence-corrected chi connectivity index (χ0v) is 16.6. The van der Waals surface area contributed by atoms with Gasteiger partial charge in [-0.15, -0.1) is 0 Å². The van der Waals surface area contributed by atoms with Crippen LogP contribution in [0.5, 0.6) is 0 Å². The molecule has 0 heterocycles. The second-order valence-electron chi connectivity index (χ2n) is 7.59. The van der Waals surface area contributed by atoms with Gasteiger partial charge in [-0.05, 0) is 63.8 Å². The number of carbonyl (C=O) groups is 1. The molecule has 1 aromatic rings. The van der Waals surface area contributed by atoms with Crippen LogP contribution < -0.4 is 0 Å². The quantitative estimate of drug-likeness (QED) is 0.626. The highest BCUT2D eigenvalue weighted by Gasteiger charge is 2.30. The van der Waals surface area contributed by atoms with E-state index >= 15 is 0 Å². The highest BCUT2D eigenvalue weighted by molar-refractivity contribution is 9.10. The summed E-state index contributed by atoms with van der Waals surface area (Å²) in [6.45, 7) is 7.69. The van der Waals surface area contributed by atoms with Crippen molar-refractivity contribution in [2.75, 3.05) is 0 Å². The number of aryl methyl sites for hydroxylation is 1. The van der Waals surface area contributed by atoms with Crippen molar-refractivity contribution in [2.24, 2.45) is 0 Å². The van der Waals surface area contributed by atoms with Gasteiger partial charge < -0.3 is 9.64 Å². The minimum atomic E-state index is -0.542. The third-order valence-corrected chi connectivity index (χ3v) is 5.05. The standard InChI is InChI=1S/C19H27BrFNO2/c1-13-10-16(20)14(11-17(13)21)12-22(15-8-6-5-7-9-15)18(23)24-19(2,3)4/h10-11,15H,5-9,12H2,1-4H3. The van der Waals surface area contributed by atoms with Crippen molar-refractivity contribution >= 4 is 22.0 Å². The van der Waals surface area contributed by atoms with Gasteiger partial charge in [0.25, 0.3) is 0 Å². The summed E-state index contributed by atoms with van der Waals surface area (Å²) in [7, 11) is 0. The maximum absolute atomic E-state index is 14.0. The van der Waals surface area contributed by atoms with E-state index in [1.807, 2.05) is 20.8 Å². The Morgan fingerprint density at radius 1 is 1.29 bits per heavy atom. The molecule has 1 saturated carbocycles. The molecule has 0 bridgehead atoms. The van der Waals surface area contributed by atoms with Crippen LogP contribution in [0.15, 0.2) is 16.6 Å². The van der Waals surface area contributed by atoms with Gasteiger partial charge in [0.1, 0.15) is 11.4 Å². The molecule has 0 radical (unpaired) electrons. The summed E-state index contributed by atoms with van der Waals surface area (Å²) in [5.41, 5.74) is 0.821. The molecule has 1 aromatic carbocycles. The molecule has 0 saturated heterocycles. The Bertz CT molecular complexity index is 592. The predicted molar refractivity (Wildman–Crippen MR) is 97.5 cm³/mol. The van der Waals surface area contributed by atoms with Gasteiger partial charge in [0.2, 0.25) is 0 Å². The maximum Gasteiger partial charge on any atom is 0.410 e. The highest BCUT2D eigenvalue weighted by atomic mass is 79.9. The Kier molecular flexibility index (Phi) is 6.29. The Morgan fingerprint density at radius 3 is 2.50 bits per heavy atom. The first-order valence-corrected chi connectivity index (χ1v) is 9.41. The number of nitrogens with zero attached hydrogens (tertiary/aromatic N) is 1. The molecule has 0 aromatic heterocycles. The van der Waals surface area contributed by atoms with Gasteiger partial charge in [0.15, 0.2) is 0 Å². The number of amides is 1. The number of benzene rings is 1. The molecule has 1 amide bonds. The summed E-state index contributed by atoms with van der Waals surface area (Å²) in [6.07, 6.45) is 5.08. The number of rotatable bonds is 3. The lowest BCUT2D eigenvalue weighted by Crippen LogP contribution is -2.43. The van der Waals surface area contributed by atoms with Gasteiger partial charge in [-0.2, -0.15) is 0 Å². The Labute approximate surface area is 152 Å². The molecular weight excluding hydrogens is 373 g/mol. The molecule has 24 heavy (non-hydrogen) atoms. The molecule has 134 valence electrons. The van der Waals surface area contributed by atoms with Gasteiger partial charge in [0.05, 0.1) is 6.54 Å². The van der Waals surface area contributed by atoms with E-state index in [4.69, 9.17) is 4.74 Å². The van der Waals surface area contributed by atoms with E-state index in [0.29, 0.717) is 12.1 Å². The van der Waals surface area contributed by atoms with Gasteiger partial charge in [-0.25, -0.2) is 9.18 Å². The second-order valence-corrected chi connectivity index (χ2v) is 8.45. The number of carbonyl (C=O) groups excluding carboxylic acids is 1. The number of ether oxygens (including phenoxy) is 1. The molecule has 5 heteroatoms. The third kappa shape index (κ3) is 5.20. The summed E-state index contributed by atoms with van der Waals surface area (Å²) < 4.78 is 20.4. The second kappa shape index (κ2) is 7.85. The van der Waals surface area contributed by atoms with Crippen molar-refractivity contribution < 1.29 is 13.9 Å². The van der Waals surface area contributed by atoms with Crippen LogP contribution in [0.2, 0.25) is 0 Å². The topological polar surface area (TPSA) is 29.5 Å². The van der Waals surface area contributed by atoms with E-state index in [0.717, 1.165) is 35.7 Å². The Hall–Kier alpha value is -1.10. The van der Waals surface area contributed by atoms with E-state index < -0.39 is 5.60 Å². The first-order chi connectivity index (χ1) is 11.2. The molecule has 0 unspecified atom stereocenters. The smallest absolute Gasteiger partial charge is 0.410 e. The molecular formula is C19H27BrFNO2. The molecule has 1 fully saturated rings. The first kappa shape index (κ1) is 19.2. The molecule has 3 nitrogen and oxygen atoms in total. The van der Waals surface area contributed by atoms with Crippen LogP contribution in [-0.4, -0.2) is 22.6 Å². The fraction of sp³-hybridized carbons (Fsp3) is 0.632. The average molecular weight is 400 g/mol. The summed E-state index contributed by atoms with van der Waals surface area (Å²) in [6, 6.07) is 3.43. The van der Waals surface area contributed by atoms with E-state index in [2.05, 4.69) is 15.9 Å². The van der Waals surface area contributed by atoms with E-state index in [9.17, 15) is 9.18 Å². The van der Waals surface area contributed by atoms with Crippen LogP contribution in [0.1, 0.15) is 64.0 Å². The molecule has 1 aliphatic carbocycles. The van der Waals surface area contributed by atoms with Crippen LogP contribution >= 0.6 is 15.9 Å². The molecule has 0 aliphatic heterocycles. The third-order valence-electron chi connectivity index (χ3n) is 4.31. The Balaban J connectivity index is 2.25. The zero-order valence-electron chi connectivity index (χ0n) is 15.0. The molecule has 0 atom stereocenters. The van der Waals surface area contributed by atoms with Crippen molar-refractivity contribution in [1.29, 1.82) is 0 Å². The van der Waals surface area contributed by atoms with Crippen molar-refractivity contribution in [3.05, 3.63) is 33.5 Å². The number of halogens is 2. The minimum Gasteiger partial charge on any atom is -0.444 e. The lowest BCUT2D eigenvalue weighted by Gasteiger charge is -2.36. The average Bonchev–Trinajstić information content (AvgIpc) is 2.48. The lowest BCUT2D eigenvalue weighted by atomic mass is 9.94. The van der Waals surface area contributed by atoms with Crippen LogP contribution in [0.4, 0.5) is 9.18 Å². The van der Waals surface area contributed by atoms with Crippen LogP contribution in [0, 0.1) is 12.7 Å². The van der Waals surface area contributed by atoms with Crippen molar-refractivity contribution in [3.63, 3.8) is 0 Å². The molecule has 1 aliphatic rings. The molecule has 2 rings (SSSR count). The molecule has 0 spiro atoms. The van der Waals surface area contributed by atoms with Crippen molar-refractivity contribution in [1.82, 2.24) is 4.90 Å². The first-order valence-electron chi connectivity index (χ1n) is 8.61. The van der Waals surface area contributed by atoms with E-state index in [1.165, 1.54) is 12.5 Å². The summed E-state index contributed by atoms with van der Waals surface area (Å²) in [4.78, 5) is 14.5. The minimum absolute atomic E-state index is 0.157. The van der Waals surface area contributed by atoms with Gasteiger partial charge in [-0.3, -0.25) is 0 Å². The monoisotopic (exact) mass is 399 g/mol. The summed E-state index contributed by atoms with van der Waals surface area (Å²) >= 11 is 3.50. The van der Waals surface area contributed by atoms with Crippen LogP contribution in [0.25, 0.3) is 0 Å². The largest absolute Gasteiger partial charge is 0.444 e. The van der Waals surface area contributed by atoms with Crippen LogP contribution in [0.3, 0.4) is 0 Å². The van der Waals surface area contributed by atoms with E-state index in [1.54, 1.807) is 17.9 Å². The van der Waals surface area contributed by atoms with Crippen LogP contribution in [-0.2, 0) is 11.3 Å². The Morgan fingerprint density at radius 2 is 1.92 bits per heavy atom. The summed E-state index contributed by atoms with van der Waals surface area (Å²) in [5.74, 6) is -0.249. The maximum atomic E-state index is 14.0. The SMILES string of the molecule is Cc1cc(Br)c(CN(C(=O)OC(C)(C)C)C2CCCCC2)cc1F. The van der Waals surface area contributed by atoms with Crippen molar-refractivity contribution in [2.45, 2.75) is 78.0 Å². The lowest BCUT2D eigenvalue weighted by molar-refractivity contribution is 0.00981.